The predicted octanol–water partition coefficient (Wildman–Crippen LogP) is 1.45. The van der Waals surface area contributed by atoms with Crippen molar-refractivity contribution in [3.63, 3.8) is 0 Å². The summed E-state index contributed by atoms with van der Waals surface area (Å²) in [7, 11) is 0. The van der Waals surface area contributed by atoms with Crippen LogP contribution in [0.3, 0.4) is 0 Å². The van der Waals surface area contributed by atoms with Gasteiger partial charge >= 0.3 is 0 Å². The van der Waals surface area contributed by atoms with E-state index in [2.05, 4.69) is 17.4 Å². The second kappa shape index (κ2) is 5.27. The van der Waals surface area contributed by atoms with Gasteiger partial charge in [0.2, 0.25) is 11.8 Å². The van der Waals surface area contributed by atoms with E-state index >= 15 is 0 Å². The lowest BCUT2D eigenvalue weighted by molar-refractivity contribution is -0.144. The second-order valence-electron chi connectivity index (χ2n) is 5.73. The number of nitrogens with zero attached hydrogens (tertiary/aromatic N) is 1. The molecule has 1 fully saturated rings. The molecule has 1 saturated heterocycles. The fourth-order valence-corrected chi connectivity index (χ4v) is 3.20. The van der Waals surface area contributed by atoms with Gasteiger partial charge in [0.25, 0.3) is 0 Å². The molecule has 0 aromatic heterocycles. The maximum absolute atomic E-state index is 12.4. The maximum Gasteiger partial charge on any atom is 0.245 e. The van der Waals surface area contributed by atoms with Crippen molar-refractivity contribution in [1.29, 1.82) is 0 Å². The predicted molar refractivity (Wildman–Crippen MR) is 76.3 cm³/mol. The number of benzene rings is 1. The molecule has 1 heterocycles. The SMILES string of the molecule is CCCC1NC(=O)CN(CC2Cc3ccccc32)C1=O. The highest BCUT2D eigenvalue weighted by atomic mass is 16.2. The summed E-state index contributed by atoms with van der Waals surface area (Å²) in [5, 5.41) is 2.80. The van der Waals surface area contributed by atoms with Crippen molar-refractivity contribution in [2.24, 2.45) is 0 Å². The van der Waals surface area contributed by atoms with Crippen LogP contribution in [0, 0.1) is 0 Å². The van der Waals surface area contributed by atoms with E-state index in [-0.39, 0.29) is 24.4 Å². The van der Waals surface area contributed by atoms with Crippen LogP contribution in [0.4, 0.5) is 0 Å². The smallest absolute Gasteiger partial charge is 0.245 e. The highest BCUT2D eigenvalue weighted by Gasteiger charge is 2.35. The van der Waals surface area contributed by atoms with E-state index in [0.29, 0.717) is 12.5 Å². The molecule has 1 aromatic carbocycles. The molecule has 1 N–H and O–H groups in total. The molecule has 2 amide bonds. The molecule has 2 aliphatic rings. The van der Waals surface area contributed by atoms with Crippen LogP contribution in [-0.4, -0.2) is 35.8 Å². The number of piperazine rings is 1. The first-order valence-corrected chi connectivity index (χ1v) is 7.35. The Morgan fingerprint density at radius 1 is 1.30 bits per heavy atom. The number of rotatable bonds is 4. The van der Waals surface area contributed by atoms with Crippen LogP contribution in [0.15, 0.2) is 24.3 Å². The molecule has 0 saturated carbocycles. The van der Waals surface area contributed by atoms with Gasteiger partial charge in [-0.15, -0.1) is 0 Å². The molecule has 0 bridgehead atoms. The van der Waals surface area contributed by atoms with Crippen LogP contribution in [0.2, 0.25) is 0 Å². The molecule has 1 aliphatic carbocycles. The number of carbonyl (C=O) groups excluding carboxylic acids is 2. The van der Waals surface area contributed by atoms with Gasteiger partial charge in [-0.25, -0.2) is 0 Å². The molecular formula is C16H20N2O2. The molecule has 1 aliphatic heterocycles. The van der Waals surface area contributed by atoms with Gasteiger partial charge in [0.15, 0.2) is 0 Å². The van der Waals surface area contributed by atoms with Gasteiger partial charge in [-0.1, -0.05) is 37.6 Å². The minimum absolute atomic E-state index is 0.0318. The number of hydrogen-bond donors (Lipinski definition) is 1. The molecule has 3 rings (SSSR count). The number of carbonyl (C=O) groups is 2. The molecule has 0 radical (unpaired) electrons. The topological polar surface area (TPSA) is 49.4 Å². The first-order chi connectivity index (χ1) is 9.69. The van der Waals surface area contributed by atoms with Crippen molar-refractivity contribution in [3.8, 4) is 0 Å². The summed E-state index contributed by atoms with van der Waals surface area (Å²) in [6.45, 7) is 2.90. The molecule has 0 spiro atoms. The van der Waals surface area contributed by atoms with Gasteiger partial charge in [0.05, 0.1) is 6.54 Å². The molecule has 20 heavy (non-hydrogen) atoms. The fourth-order valence-electron chi connectivity index (χ4n) is 3.20. The van der Waals surface area contributed by atoms with Crippen molar-refractivity contribution in [1.82, 2.24) is 10.2 Å². The van der Waals surface area contributed by atoms with Crippen LogP contribution < -0.4 is 5.32 Å². The quantitative estimate of drug-likeness (QED) is 0.902. The van der Waals surface area contributed by atoms with E-state index in [1.165, 1.54) is 11.1 Å². The van der Waals surface area contributed by atoms with Crippen LogP contribution in [0.5, 0.6) is 0 Å². The van der Waals surface area contributed by atoms with Crippen LogP contribution in [-0.2, 0) is 16.0 Å². The monoisotopic (exact) mass is 272 g/mol. The average Bonchev–Trinajstić information content (AvgIpc) is 2.41. The molecule has 4 nitrogen and oxygen atoms in total. The average molecular weight is 272 g/mol. The van der Waals surface area contributed by atoms with Crippen molar-refractivity contribution >= 4 is 11.8 Å². The minimum atomic E-state index is -0.323. The molecule has 2 unspecified atom stereocenters. The van der Waals surface area contributed by atoms with E-state index in [0.717, 1.165) is 19.3 Å². The summed E-state index contributed by atoms with van der Waals surface area (Å²) >= 11 is 0. The first kappa shape index (κ1) is 13.2. The third-order valence-electron chi connectivity index (χ3n) is 4.26. The Kier molecular flexibility index (Phi) is 3.47. The summed E-state index contributed by atoms with van der Waals surface area (Å²) in [6.07, 6.45) is 2.64. The van der Waals surface area contributed by atoms with E-state index in [1.807, 2.05) is 19.1 Å². The lowest BCUT2D eigenvalue weighted by Gasteiger charge is -2.38. The zero-order valence-corrected chi connectivity index (χ0v) is 11.8. The van der Waals surface area contributed by atoms with Crippen LogP contribution >= 0.6 is 0 Å². The van der Waals surface area contributed by atoms with Gasteiger partial charge in [-0.3, -0.25) is 9.59 Å². The summed E-state index contributed by atoms with van der Waals surface area (Å²) in [6, 6.07) is 8.02. The molecular weight excluding hydrogens is 252 g/mol. The fraction of sp³-hybridized carbons (Fsp3) is 0.500. The summed E-state index contributed by atoms with van der Waals surface area (Å²) in [5.41, 5.74) is 2.70. The molecule has 106 valence electrons. The zero-order chi connectivity index (χ0) is 14.1. The Labute approximate surface area is 119 Å². The van der Waals surface area contributed by atoms with Crippen molar-refractivity contribution in [3.05, 3.63) is 35.4 Å². The van der Waals surface area contributed by atoms with Crippen molar-refractivity contribution in [2.45, 2.75) is 38.1 Å². The Hall–Kier alpha value is -1.84. The third-order valence-corrected chi connectivity index (χ3v) is 4.26. The van der Waals surface area contributed by atoms with E-state index in [9.17, 15) is 9.59 Å². The number of fused-ring (bicyclic) bond motifs is 1. The second-order valence-corrected chi connectivity index (χ2v) is 5.73. The maximum atomic E-state index is 12.4. The number of nitrogens with one attached hydrogen (secondary N) is 1. The highest BCUT2D eigenvalue weighted by molar-refractivity contribution is 5.94. The van der Waals surface area contributed by atoms with Gasteiger partial charge in [-0.2, -0.15) is 0 Å². The van der Waals surface area contributed by atoms with Gasteiger partial charge in [0, 0.05) is 12.5 Å². The van der Waals surface area contributed by atoms with Crippen molar-refractivity contribution in [2.75, 3.05) is 13.1 Å². The molecule has 1 aromatic rings. The van der Waals surface area contributed by atoms with Gasteiger partial charge < -0.3 is 10.2 Å². The Bertz CT molecular complexity index is 541. The Morgan fingerprint density at radius 3 is 2.85 bits per heavy atom. The van der Waals surface area contributed by atoms with E-state index in [1.54, 1.807) is 4.90 Å². The van der Waals surface area contributed by atoms with Crippen LogP contribution in [0.25, 0.3) is 0 Å². The standard InChI is InChI=1S/C16H20N2O2/c1-2-5-14-16(20)18(10-15(19)17-14)9-12-8-11-6-3-4-7-13(11)12/h3-4,6-7,12,14H,2,5,8-10H2,1H3,(H,17,19). The Balaban J connectivity index is 1.68. The lowest BCUT2D eigenvalue weighted by atomic mass is 9.77. The highest BCUT2D eigenvalue weighted by Crippen LogP contribution is 2.35. The normalized spacial score (nSPS) is 24.9. The largest absolute Gasteiger partial charge is 0.343 e. The Morgan fingerprint density at radius 2 is 2.10 bits per heavy atom. The van der Waals surface area contributed by atoms with Gasteiger partial charge in [0.1, 0.15) is 6.04 Å². The van der Waals surface area contributed by atoms with E-state index in [4.69, 9.17) is 0 Å². The summed E-state index contributed by atoms with van der Waals surface area (Å²) < 4.78 is 0. The summed E-state index contributed by atoms with van der Waals surface area (Å²) in [5.74, 6) is 0.440. The molecule has 4 heteroatoms. The zero-order valence-electron chi connectivity index (χ0n) is 11.8. The number of amides is 2. The van der Waals surface area contributed by atoms with Crippen molar-refractivity contribution < 1.29 is 9.59 Å². The summed E-state index contributed by atoms with van der Waals surface area (Å²) in [4.78, 5) is 25.8. The number of hydrogen-bond acceptors (Lipinski definition) is 2. The van der Waals surface area contributed by atoms with Gasteiger partial charge in [-0.05, 0) is 24.0 Å². The molecule has 2 atom stereocenters. The van der Waals surface area contributed by atoms with Crippen LogP contribution in [0.1, 0.15) is 36.8 Å². The lowest BCUT2D eigenvalue weighted by Crippen LogP contribution is -2.58. The first-order valence-electron chi connectivity index (χ1n) is 7.35. The third kappa shape index (κ3) is 2.30. The van der Waals surface area contributed by atoms with E-state index < -0.39 is 0 Å². The minimum Gasteiger partial charge on any atom is -0.343 e.